The van der Waals surface area contributed by atoms with Crippen molar-refractivity contribution in [2.45, 2.75) is 19.9 Å². The van der Waals surface area contributed by atoms with Crippen molar-refractivity contribution < 1.29 is 13.9 Å². The summed E-state index contributed by atoms with van der Waals surface area (Å²) in [5.41, 5.74) is 0.452. The number of carbonyl (C=O) groups is 1. The summed E-state index contributed by atoms with van der Waals surface area (Å²) in [6, 6.07) is 1.69. The number of carbonyl (C=O) groups excluding carboxylic acids is 1. The molecule has 88 valence electrons. The molecule has 0 unspecified atom stereocenters. The van der Waals surface area contributed by atoms with Gasteiger partial charge in [0.05, 0.1) is 19.2 Å². The number of hydrogen-bond donors (Lipinski definition) is 1. The van der Waals surface area contributed by atoms with Crippen LogP contribution in [0, 0.1) is 0 Å². The number of ether oxygens (including phenoxy) is 1. The Hall–Kier alpha value is -1.55. The molecule has 0 aliphatic heterocycles. The van der Waals surface area contributed by atoms with Crippen molar-refractivity contribution in [2.75, 3.05) is 13.7 Å². The lowest BCUT2D eigenvalue weighted by Gasteiger charge is -1.98. The van der Waals surface area contributed by atoms with Crippen LogP contribution in [0.5, 0.6) is 0 Å². The lowest BCUT2D eigenvalue weighted by Crippen LogP contribution is -2.13. The van der Waals surface area contributed by atoms with Gasteiger partial charge in [0.1, 0.15) is 12.0 Å². The highest BCUT2D eigenvalue weighted by Gasteiger charge is 2.09. The molecule has 0 radical (unpaired) electrons. The minimum Gasteiger partial charge on any atom is -0.467 e. The Morgan fingerprint density at radius 3 is 3.12 bits per heavy atom. The predicted molar refractivity (Wildman–Crippen MR) is 61.2 cm³/mol. The molecule has 1 aromatic rings. The van der Waals surface area contributed by atoms with Crippen molar-refractivity contribution in [3.05, 3.63) is 35.8 Å². The van der Waals surface area contributed by atoms with Crippen molar-refractivity contribution in [3.8, 4) is 0 Å². The third kappa shape index (κ3) is 3.90. The first-order valence-corrected chi connectivity index (χ1v) is 5.25. The summed E-state index contributed by atoms with van der Waals surface area (Å²) >= 11 is 0. The molecule has 4 heteroatoms. The van der Waals surface area contributed by atoms with Crippen LogP contribution >= 0.6 is 0 Å². The molecule has 0 saturated carbocycles. The summed E-state index contributed by atoms with van der Waals surface area (Å²) in [4.78, 5) is 11.1. The molecule has 0 bridgehead atoms. The molecule has 0 amide bonds. The van der Waals surface area contributed by atoms with Gasteiger partial charge in [0.15, 0.2) is 0 Å². The first kappa shape index (κ1) is 12.5. The van der Waals surface area contributed by atoms with E-state index in [4.69, 9.17) is 4.42 Å². The summed E-state index contributed by atoms with van der Waals surface area (Å²) in [6.07, 6.45) is 6.51. The molecule has 1 N–H and O–H groups in total. The van der Waals surface area contributed by atoms with Gasteiger partial charge in [-0.1, -0.05) is 12.2 Å². The number of rotatable bonds is 6. The van der Waals surface area contributed by atoms with Crippen LogP contribution in [0.4, 0.5) is 0 Å². The van der Waals surface area contributed by atoms with Crippen molar-refractivity contribution in [3.63, 3.8) is 0 Å². The van der Waals surface area contributed by atoms with E-state index in [-0.39, 0.29) is 5.97 Å². The van der Waals surface area contributed by atoms with Gasteiger partial charge in [-0.05, 0) is 26.0 Å². The highest BCUT2D eigenvalue weighted by Crippen LogP contribution is 2.08. The van der Waals surface area contributed by atoms with Gasteiger partial charge >= 0.3 is 5.97 Å². The van der Waals surface area contributed by atoms with Gasteiger partial charge in [-0.25, -0.2) is 4.79 Å². The number of nitrogens with one attached hydrogen (secondary N) is 1. The van der Waals surface area contributed by atoms with Crippen molar-refractivity contribution in [2.24, 2.45) is 0 Å². The Labute approximate surface area is 95.3 Å². The highest BCUT2D eigenvalue weighted by atomic mass is 16.5. The largest absolute Gasteiger partial charge is 0.467 e. The average Bonchev–Trinajstić information content (AvgIpc) is 2.76. The molecule has 16 heavy (non-hydrogen) atoms. The zero-order valence-corrected chi connectivity index (χ0v) is 9.66. The maximum atomic E-state index is 11.1. The molecule has 0 aliphatic carbocycles. The lowest BCUT2D eigenvalue weighted by atomic mass is 10.3. The minimum absolute atomic E-state index is 0.371. The van der Waals surface area contributed by atoms with E-state index in [1.807, 2.05) is 13.0 Å². The number of methoxy groups -OCH3 is 1. The highest BCUT2D eigenvalue weighted by molar-refractivity contribution is 5.88. The summed E-state index contributed by atoms with van der Waals surface area (Å²) < 4.78 is 9.79. The fraction of sp³-hybridized carbons (Fsp3) is 0.417. The molecule has 1 aromatic heterocycles. The van der Waals surface area contributed by atoms with Crippen LogP contribution in [-0.2, 0) is 11.3 Å². The van der Waals surface area contributed by atoms with Gasteiger partial charge in [-0.2, -0.15) is 0 Å². The van der Waals surface area contributed by atoms with Crippen LogP contribution < -0.4 is 5.32 Å². The molecule has 0 fully saturated rings. The van der Waals surface area contributed by atoms with Gasteiger partial charge in [0.25, 0.3) is 0 Å². The SMILES string of the molecule is C/C=C/CCNCc1cc(C(=O)OC)co1. The van der Waals surface area contributed by atoms with Crippen LogP contribution in [0.15, 0.2) is 28.9 Å². The second kappa shape index (κ2) is 6.85. The zero-order chi connectivity index (χ0) is 11.8. The third-order valence-corrected chi connectivity index (χ3v) is 2.10. The topological polar surface area (TPSA) is 51.5 Å². The smallest absolute Gasteiger partial charge is 0.341 e. The number of furan rings is 1. The average molecular weight is 223 g/mol. The maximum Gasteiger partial charge on any atom is 0.341 e. The normalized spacial score (nSPS) is 10.9. The van der Waals surface area contributed by atoms with E-state index < -0.39 is 0 Å². The summed E-state index contributed by atoms with van der Waals surface area (Å²) in [6.45, 7) is 3.50. The van der Waals surface area contributed by atoms with E-state index in [1.54, 1.807) is 6.07 Å². The quantitative estimate of drug-likeness (QED) is 0.456. The summed E-state index contributed by atoms with van der Waals surface area (Å²) in [7, 11) is 1.35. The summed E-state index contributed by atoms with van der Waals surface area (Å²) in [5, 5.41) is 3.21. The standard InChI is InChI=1S/C12H17NO3/c1-3-4-5-6-13-8-11-7-10(9-16-11)12(14)15-2/h3-4,7,9,13H,5-6,8H2,1-2H3/b4-3+. The van der Waals surface area contributed by atoms with E-state index in [2.05, 4.69) is 16.1 Å². The van der Waals surface area contributed by atoms with E-state index >= 15 is 0 Å². The monoisotopic (exact) mass is 223 g/mol. The third-order valence-electron chi connectivity index (χ3n) is 2.10. The van der Waals surface area contributed by atoms with Gasteiger partial charge < -0.3 is 14.5 Å². The second-order valence-electron chi connectivity index (χ2n) is 3.33. The first-order chi connectivity index (χ1) is 7.77. The number of allylic oxidation sites excluding steroid dienone is 1. The van der Waals surface area contributed by atoms with Crippen LogP contribution in [0.1, 0.15) is 29.5 Å². The molecule has 1 rings (SSSR count). The van der Waals surface area contributed by atoms with Gasteiger partial charge in [0, 0.05) is 0 Å². The second-order valence-corrected chi connectivity index (χ2v) is 3.33. The van der Waals surface area contributed by atoms with E-state index in [9.17, 15) is 4.79 Å². The van der Waals surface area contributed by atoms with Crippen molar-refractivity contribution in [1.29, 1.82) is 0 Å². The molecule has 1 heterocycles. The minimum atomic E-state index is -0.371. The number of esters is 1. The van der Waals surface area contributed by atoms with Crippen LogP contribution in [0.3, 0.4) is 0 Å². The van der Waals surface area contributed by atoms with Crippen molar-refractivity contribution in [1.82, 2.24) is 5.32 Å². The molecule has 4 nitrogen and oxygen atoms in total. The fourth-order valence-electron chi connectivity index (χ4n) is 1.26. The Kier molecular flexibility index (Phi) is 5.36. The Morgan fingerprint density at radius 2 is 2.44 bits per heavy atom. The fourth-order valence-corrected chi connectivity index (χ4v) is 1.26. The van der Waals surface area contributed by atoms with Crippen LogP contribution in [0.2, 0.25) is 0 Å². The van der Waals surface area contributed by atoms with E-state index in [1.165, 1.54) is 13.4 Å². The molecule has 0 saturated heterocycles. The molecular weight excluding hydrogens is 206 g/mol. The van der Waals surface area contributed by atoms with Crippen LogP contribution in [0.25, 0.3) is 0 Å². The molecule has 0 aliphatic rings. The summed E-state index contributed by atoms with van der Waals surface area (Å²) in [5.74, 6) is 0.366. The van der Waals surface area contributed by atoms with E-state index in [0.29, 0.717) is 12.1 Å². The van der Waals surface area contributed by atoms with Gasteiger partial charge in [0.2, 0.25) is 0 Å². The Balaban J connectivity index is 2.32. The molecule has 0 aromatic carbocycles. The van der Waals surface area contributed by atoms with Gasteiger partial charge in [-0.3, -0.25) is 0 Å². The molecular formula is C12H17NO3. The molecule has 0 atom stereocenters. The van der Waals surface area contributed by atoms with E-state index in [0.717, 1.165) is 18.7 Å². The van der Waals surface area contributed by atoms with Crippen LogP contribution in [-0.4, -0.2) is 19.6 Å². The Morgan fingerprint density at radius 1 is 1.62 bits per heavy atom. The Bertz CT molecular complexity index is 355. The maximum absolute atomic E-state index is 11.1. The number of hydrogen-bond acceptors (Lipinski definition) is 4. The lowest BCUT2D eigenvalue weighted by molar-refractivity contribution is 0.0600. The molecule has 0 spiro atoms. The first-order valence-electron chi connectivity index (χ1n) is 5.25. The van der Waals surface area contributed by atoms with Gasteiger partial charge in [-0.15, -0.1) is 0 Å². The predicted octanol–water partition coefficient (Wildman–Crippen LogP) is 2.12. The van der Waals surface area contributed by atoms with Crippen molar-refractivity contribution >= 4 is 5.97 Å². The zero-order valence-electron chi connectivity index (χ0n) is 9.66.